The Morgan fingerprint density at radius 1 is 1.15 bits per heavy atom. The van der Waals surface area contributed by atoms with Gasteiger partial charge in [0.15, 0.2) is 0 Å². The molecule has 3 N–H and O–H groups in total. The Balaban J connectivity index is 2.23. The van der Waals surface area contributed by atoms with Gasteiger partial charge in [-0.2, -0.15) is 5.26 Å². The maximum atomic E-state index is 11.2. The predicted molar refractivity (Wildman–Crippen MR) is 75.1 cm³/mol. The first-order valence-electron chi connectivity index (χ1n) is 5.76. The van der Waals surface area contributed by atoms with Crippen molar-refractivity contribution in [1.29, 1.82) is 5.26 Å². The van der Waals surface area contributed by atoms with Crippen molar-refractivity contribution in [2.45, 2.75) is 10.9 Å². The molecule has 0 fully saturated rings. The van der Waals surface area contributed by atoms with Crippen LogP contribution in [0.5, 0.6) is 0 Å². The van der Waals surface area contributed by atoms with Crippen molar-refractivity contribution >= 4 is 15.7 Å². The van der Waals surface area contributed by atoms with E-state index in [0.717, 1.165) is 5.69 Å². The third-order valence-electron chi connectivity index (χ3n) is 2.70. The van der Waals surface area contributed by atoms with Gasteiger partial charge in [0.1, 0.15) is 6.04 Å². The van der Waals surface area contributed by atoms with E-state index >= 15 is 0 Å². The number of benzene rings is 2. The Morgan fingerprint density at radius 3 is 2.25 bits per heavy atom. The summed E-state index contributed by atoms with van der Waals surface area (Å²) < 4.78 is 22.3. The largest absolute Gasteiger partial charge is 0.366 e. The highest BCUT2D eigenvalue weighted by Gasteiger charge is 2.12. The van der Waals surface area contributed by atoms with E-state index < -0.39 is 16.1 Å². The van der Waals surface area contributed by atoms with Crippen molar-refractivity contribution in [1.82, 2.24) is 0 Å². The average Bonchev–Trinajstić information content (AvgIpc) is 2.45. The molecule has 0 saturated heterocycles. The highest BCUT2D eigenvalue weighted by molar-refractivity contribution is 7.89. The Kier molecular flexibility index (Phi) is 4.03. The number of anilines is 1. The van der Waals surface area contributed by atoms with Crippen molar-refractivity contribution in [3.8, 4) is 6.07 Å². The van der Waals surface area contributed by atoms with Gasteiger partial charge in [0.25, 0.3) is 0 Å². The lowest BCUT2D eigenvalue weighted by molar-refractivity contribution is 0.598. The number of nitrogens with one attached hydrogen (secondary N) is 1. The molecule has 5 nitrogen and oxygen atoms in total. The average molecular weight is 286 g/mol. The zero-order chi connectivity index (χ0) is 14.6. The van der Waals surface area contributed by atoms with Gasteiger partial charge in [0.05, 0.1) is 11.0 Å². The molecule has 2 aromatic rings. The Labute approximate surface area is 117 Å². The van der Waals surface area contributed by atoms with Crippen LogP contribution in [-0.2, 0) is 10.0 Å². The van der Waals surface area contributed by atoms with Crippen LogP contribution in [0.3, 0.4) is 0 Å². The molecule has 0 saturated carbocycles. The molecular weight excluding hydrogens is 274 g/mol. The van der Waals surface area contributed by atoms with Gasteiger partial charge >= 0.3 is 0 Å². The summed E-state index contributed by atoms with van der Waals surface area (Å²) in [6.07, 6.45) is 0. The molecule has 0 amide bonds. The van der Waals surface area contributed by atoms with E-state index in [1.54, 1.807) is 36.4 Å². The lowest BCUT2D eigenvalue weighted by Crippen LogP contribution is -2.13. The van der Waals surface area contributed by atoms with Crippen LogP contribution in [0.2, 0.25) is 0 Å². The van der Waals surface area contributed by atoms with Crippen LogP contribution in [0.15, 0.2) is 53.4 Å². The van der Waals surface area contributed by atoms with E-state index in [9.17, 15) is 13.7 Å². The highest BCUT2D eigenvalue weighted by Crippen LogP contribution is 2.20. The summed E-state index contributed by atoms with van der Waals surface area (Å²) in [6, 6.07) is 17.4. The molecule has 0 heterocycles. The number of hydrogen-bond acceptors (Lipinski definition) is 4. The fourth-order valence-corrected chi connectivity index (χ4v) is 2.21. The molecule has 0 aliphatic rings. The van der Waals surface area contributed by atoms with E-state index in [-0.39, 0.29) is 4.90 Å². The van der Waals surface area contributed by atoms with Crippen LogP contribution in [0.4, 0.5) is 5.69 Å². The quantitative estimate of drug-likeness (QED) is 0.895. The number of hydrogen-bond donors (Lipinski definition) is 2. The molecule has 1 unspecified atom stereocenters. The summed E-state index contributed by atoms with van der Waals surface area (Å²) in [5, 5.41) is 17.3. The molecule has 0 spiro atoms. The highest BCUT2D eigenvalue weighted by atomic mass is 32.2. The van der Waals surface area contributed by atoms with E-state index in [1.807, 2.05) is 0 Å². The van der Waals surface area contributed by atoms with Crippen LogP contribution in [0.1, 0.15) is 11.6 Å². The lowest BCUT2D eigenvalue weighted by Gasteiger charge is -2.13. The van der Waals surface area contributed by atoms with Gasteiger partial charge in [0, 0.05) is 5.69 Å². The predicted octanol–water partition coefficient (Wildman–Crippen LogP) is 1.81. The molecule has 6 heteroatoms. The molecule has 1 radical (unpaired) electrons. The SMILES string of the molecule is N#CC(Nc1cc[c]cc1)c1ccc(S(N)(=O)=O)cc1. The van der Waals surface area contributed by atoms with Gasteiger partial charge in [-0.25, -0.2) is 13.6 Å². The van der Waals surface area contributed by atoms with Crippen LogP contribution in [-0.4, -0.2) is 8.42 Å². The molecule has 2 rings (SSSR count). The first-order valence-corrected chi connectivity index (χ1v) is 7.30. The second-order valence-corrected chi connectivity index (χ2v) is 5.67. The maximum Gasteiger partial charge on any atom is 0.238 e. The number of nitriles is 1. The number of sulfonamides is 1. The van der Waals surface area contributed by atoms with Gasteiger partial charge in [-0.1, -0.05) is 24.3 Å². The summed E-state index contributed by atoms with van der Waals surface area (Å²) in [4.78, 5) is 0.0206. The van der Waals surface area contributed by atoms with E-state index in [1.165, 1.54) is 12.1 Å². The van der Waals surface area contributed by atoms with Gasteiger partial charge in [-0.3, -0.25) is 0 Å². The van der Waals surface area contributed by atoms with Crippen molar-refractivity contribution in [3.63, 3.8) is 0 Å². The third-order valence-corrected chi connectivity index (χ3v) is 3.63. The van der Waals surface area contributed by atoms with Crippen molar-refractivity contribution < 1.29 is 8.42 Å². The molecule has 1 atom stereocenters. The fourth-order valence-electron chi connectivity index (χ4n) is 1.69. The third kappa shape index (κ3) is 3.35. The lowest BCUT2D eigenvalue weighted by atomic mass is 10.1. The molecule has 2 aromatic carbocycles. The van der Waals surface area contributed by atoms with Crippen LogP contribution < -0.4 is 10.5 Å². The molecule has 0 aromatic heterocycles. The minimum absolute atomic E-state index is 0.0206. The van der Waals surface area contributed by atoms with Crippen molar-refractivity contribution in [2.24, 2.45) is 5.14 Å². The van der Waals surface area contributed by atoms with E-state index in [0.29, 0.717) is 5.56 Å². The second-order valence-electron chi connectivity index (χ2n) is 4.11. The monoisotopic (exact) mass is 286 g/mol. The van der Waals surface area contributed by atoms with Crippen LogP contribution in [0.25, 0.3) is 0 Å². The second kappa shape index (κ2) is 5.74. The van der Waals surface area contributed by atoms with E-state index in [4.69, 9.17) is 5.14 Å². The molecular formula is C14H12N3O2S. The Morgan fingerprint density at radius 2 is 1.75 bits per heavy atom. The van der Waals surface area contributed by atoms with Crippen molar-refractivity contribution in [3.05, 3.63) is 60.2 Å². The summed E-state index contributed by atoms with van der Waals surface area (Å²) >= 11 is 0. The summed E-state index contributed by atoms with van der Waals surface area (Å²) in [7, 11) is -3.72. The Bertz CT molecular complexity index is 719. The Hall–Kier alpha value is -2.36. The normalized spacial score (nSPS) is 12.4. The summed E-state index contributed by atoms with van der Waals surface area (Å²) in [6.45, 7) is 0. The first-order chi connectivity index (χ1) is 9.50. The minimum Gasteiger partial charge on any atom is -0.366 e. The standard InChI is InChI=1S/C14H12N3O2S/c15-10-14(17-12-4-2-1-3-5-12)11-6-8-13(9-7-11)20(16,18)19/h2-9,14,17H,(H2,16,18,19). The first kappa shape index (κ1) is 14.1. The number of nitrogens with two attached hydrogens (primary N) is 1. The zero-order valence-corrected chi connectivity index (χ0v) is 11.3. The topological polar surface area (TPSA) is 96.0 Å². The van der Waals surface area contributed by atoms with Gasteiger partial charge in [-0.15, -0.1) is 0 Å². The molecule has 0 aliphatic heterocycles. The number of primary sulfonamides is 1. The molecule has 0 bridgehead atoms. The van der Waals surface area contributed by atoms with Crippen LogP contribution in [0, 0.1) is 17.4 Å². The molecule has 101 valence electrons. The smallest absolute Gasteiger partial charge is 0.238 e. The zero-order valence-electron chi connectivity index (χ0n) is 10.4. The van der Waals surface area contributed by atoms with Gasteiger partial charge < -0.3 is 5.32 Å². The van der Waals surface area contributed by atoms with Gasteiger partial charge in [-0.05, 0) is 35.9 Å². The number of rotatable bonds is 4. The minimum atomic E-state index is -3.72. The van der Waals surface area contributed by atoms with Crippen LogP contribution >= 0.6 is 0 Å². The van der Waals surface area contributed by atoms with Gasteiger partial charge in [0.2, 0.25) is 10.0 Å². The van der Waals surface area contributed by atoms with E-state index in [2.05, 4.69) is 17.5 Å². The maximum absolute atomic E-state index is 11.2. The summed E-state index contributed by atoms with van der Waals surface area (Å²) in [5.74, 6) is 0. The fraction of sp³-hybridized carbons (Fsp3) is 0.0714. The number of nitrogens with zero attached hydrogens (tertiary/aromatic N) is 1. The molecule has 0 aliphatic carbocycles. The molecule has 20 heavy (non-hydrogen) atoms. The summed E-state index contributed by atoms with van der Waals surface area (Å²) in [5.41, 5.74) is 1.44. The van der Waals surface area contributed by atoms with Crippen molar-refractivity contribution in [2.75, 3.05) is 5.32 Å².